The molecule has 4 aromatic rings. The molecule has 0 fully saturated rings. The molecule has 0 aliphatic rings. The monoisotopic (exact) mass is 439 g/mol. The summed E-state index contributed by atoms with van der Waals surface area (Å²) in [5.74, 6) is -0.377. The first-order valence-corrected chi connectivity index (χ1v) is 10.5. The van der Waals surface area contributed by atoms with E-state index in [0.717, 1.165) is 15.7 Å². The van der Waals surface area contributed by atoms with Gasteiger partial charge in [0.2, 0.25) is 5.91 Å². The number of rotatable bonds is 4. The van der Waals surface area contributed by atoms with Crippen LogP contribution in [-0.2, 0) is 11.3 Å². The van der Waals surface area contributed by atoms with Gasteiger partial charge in [0.25, 0.3) is 5.56 Å². The van der Waals surface area contributed by atoms with Crippen molar-refractivity contribution in [3.05, 3.63) is 90.9 Å². The van der Waals surface area contributed by atoms with Gasteiger partial charge < -0.3 is 5.32 Å². The maximum atomic E-state index is 13.3. The van der Waals surface area contributed by atoms with E-state index in [0.29, 0.717) is 26.6 Å². The number of nitrogens with one attached hydrogen (secondary N) is 1. The molecule has 2 heterocycles. The highest BCUT2D eigenvalue weighted by Crippen LogP contribution is 2.19. The normalized spacial score (nSPS) is 11.0. The minimum atomic E-state index is -0.552. The molecule has 0 unspecified atom stereocenters. The Labute approximate surface area is 181 Å². The summed E-state index contributed by atoms with van der Waals surface area (Å²) in [5, 5.41) is 5.05. The maximum Gasteiger partial charge on any atom is 0.336 e. The van der Waals surface area contributed by atoms with Crippen LogP contribution in [0.3, 0.4) is 0 Å². The Hall–Kier alpha value is -3.16. The molecule has 0 aliphatic heterocycles. The van der Waals surface area contributed by atoms with Crippen LogP contribution >= 0.6 is 22.9 Å². The smallest absolute Gasteiger partial charge is 0.325 e. The minimum Gasteiger partial charge on any atom is -0.325 e. The second kappa shape index (κ2) is 7.93. The zero-order chi connectivity index (χ0) is 21.4. The molecule has 152 valence electrons. The van der Waals surface area contributed by atoms with Gasteiger partial charge in [0.15, 0.2) is 0 Å². The summed E-state index contributed by atoms with van der Waals surface area (Å²) in [5.41, 5.74) is 2.43. The van der Waals surface area contributed by atoms with Crippen molar-refractivity contribution in [3.63, 3.8) is 0 Å². The number of hydrogen-bond acceptors (Lipinski definition) is 4. The molecule has 30 heavy (non-hydrogen) atoms. The van der Waals surface area contributed by atoms with Crippen molar-refractivity contribution in [2.24, 2.45) is 0 Å². The molecular weight excluding hydrogens is 422 g/mol. The zero-order valence-electron chi connectivity index (χ0n) is 16.3. The summed E-state index contributed by atoms with van der Waals surface area (Å²) in [4.78, 5) is 39.0. The molecule has 0 saturated carbocycles. The lowest BCUT2D eigenvalue weighted by atomic mass is 10.1. The van der Waals surface area contributed by atoms with Gasteiger partial charge in [0, 0.05) is 10.7 Å². The van der Waals surface area contributed by atoms with Gasteiger partial charge in [-0.3, -0.25) is 14.2 Å². The summed E-state index contributed by atoms with van der Waals surface area (Å²) in [7, 11) is 0. The van der Waals surface area contributed by atoms with E-state index in [2.05, 4.69) is 5.32 Å². The van der Waals surface area contributed by atoms with Gasteiger partial charge in [-0.05, 0) is 61.2 Å². The standard InChI is InChI=1S/C22H18ClN3O3S/c1-13-3-8-17(14(2)11-13)26-21(28)20-18(9-10-30-20)25(22(26)29)12-19(27)24-16-6-4-15(23)5-7-16/h3-11H,12H2,1-2H3,(H,24,27). The predicted molar refractivity (Wildman–Crippen MR) is 121 cm³/mol. The average Bonchev–Trinajstić information content (AvgIpc) is 3.19. The number of halogens is 1. The Kier molecular flexibility index (Phi) is 5.32. The van der Waals surface area contributed by atoms with Gasteiger partial charge in [-0.1, -0.05) is 29.3 Å². The summed E-state index contributed by atoms with van der Waals surface area (Å²) in [6.07, 6.45) is 0. The van der Waals surface area contributed by atoms with Crippen LogP contribution in [0.4, 0.5) is 5.69 Å². The van der Waals surface area contributed by atoms with Crippen LogP contribution in [0.25, 0.3) is 15.9 Å². The van der Waals surface area contributed by atoms with Crippen molar-refractivity contribution >= 4 is 44.7 Å². The molecule has 0 atom stereocenters. The minimum absolute atomic E-state index is 0.222. The first kappa shape index (κ1) is 20.1. The second-order valence-electron chi connectivity index (χ2n) is 6.99. The van der Waals surface area contributed by atoms with E-state index in [1.807, 2.05) is 26.0 Å². The van der Waals surface area contributed by atoms with Gasteiger partial charge in [0.05, 0.1) is 11.2 Å². The second-order valence-corrected chi connectivity index (χ2v) is 8.34. The molecule has 2 aromatic heterocycles. The number of hydrogen-bond donors (Lipinski definition) is 1. The van der Waals surface area contributed by atoms with Crippen molar-refractivity contribution < 1.29 is 4.79 Å². The third kappa shape index (κ3) is 3.69. The Morgan fingerprint density at radius 2 is 1.80 bits per heavy atom. The number of aryl methyl sites for hydroxylation is 2. The molecule has 0 spiro atoms. The van der Waals surface area contributed by atoms with E-state index in [-0.39, 0.29) is 18.0 Å². The number of carbonyl (C=O) groups is 1. The maximum absolute atomic E-state index is 13.3. The summed E-state index contributed by atoms with van der Waals surface area (Å²) in [6, 6.07) is 13.9. The van der Waals surface area contributed by atoms with Crippen LogP contribution in [-0.4, -0.2) is 15.0 Å². The molecule has 0 bridgehead atoms. The zero-order valence-corrected chi connectivity index (χ0v) is 17.9. The fourth-order valence-corrected chi connectivity index (χ4v) is 4.34. The molecule has 6 nitrogen and oxygen atoms in total. The van der Waals surface area contributed by atoms with Gasteiger partial charge in [-0.25, -0.2) is 9.36 Å². The molecular formula is C22H18ClN3O3S. The molecule has 4 rings (SSSR count). The average molecular weight is 440 g/mol. The SMILES string of the molecule is Cc1ccc(-n2c(=O)c3sccc3n(CC(=O)Nc3ccc(Cl)cc3)c2=O)c(C)c1. The highest BCUT2D eigenvalue weighted by atomic mass is 35.5. The van der Waals surface area contributed by atoms with Crippen LogP contribution < -0.4 is 16.6 Å². The number of anilines is 1. The summed E-state index contributed by atoms with van der Waals surface area (Å²) >= 11 is 7.12. The van der Waals surface area contributed by atoms with E-state index in [9.17, 15) is 14.4 Å². The van der Waals surface area contributed by atoms with Crippen molar-refractivity contribution in [1.29, 1.82) is 0 Å². The Bertz CT molecular complexity index is 1380. The lowest BCUT2D eigenvalue weighted by Gasteiger charge is -2.14. The van der Waals surface area contributed by atoms with Crippen LogP contribution in [0.1, 0.15) is 11.1 Å². The third-order valence-corrected chi connectivity index (χ3v) is 5.92. The van der Waals surface area contributed by atoms with Crippen molar-refractivity contribution in [2.75, 3.05) is 5.32 Å². The Morgan fingerprint density at radius 3 is 2.50 bits per heavy atom. The van der Waals surface area contributed by atoms with Gasteiger partial charge >= 0.3 is 5.69 Å². The molecule has 2 aromatic carbocycles. The van der Waals surface area contributed by atoms with Crippen LogP contribution in [0.5, 0.6) is 0 Å². The first-order valence-electron chi connectivity index (χ1n) is 9.21. The van der Waals surface area contributed by atoms with Crippen LogP contribution in [0.2, 0.25) is 5.02 Å². The van der Waals surface area contributed by atoms with Crippen molar-refractivity contribution in [3.8, 4) is 5.69 Å². The van der Waals surface area contributed by atoms with E-state index < -0.39 is 5.69 Å². The number of benzene rings is 2. The van der Waals surface area contributed by atoms with Crippen LogP contribution in [0.15, 0.2) is 63.5 Å². The predicted octanol–water partition coefficient (Wildman–Crippen LogP) is 4.12. The van der Waals surface area contributed by atoms with E-state index in [1.165, 1.54) is 15.9 Å². The molecule has 0 radical (unpaired) electrons. The van der Waals surface area contributed by atoms with Gasteiger partial charge in [0.1, 0.15) is 11.2 Å². The Balaban J connectivity index is 1.81. The highest BCUT2D eigenvalue weighted by molar-refractivity contribution is 7.17. The first-order chi connectivity index (χ1) is 14.3. The number of carbonyl (C=O) groups excluding carboxylic acids is 1. The van der Waals surface area contributed by atoms with Gasteiger partial charge in [-0.15, -0.1) is 11.3 Å². The number of aromatic nitrogens is 2. The summed E-state index contributed by atoms with van der Waals surface area (Å²) in [6.45, 7) is 3.58. The largest absolute Gasteiger partial charge is 0.336 e. The van der Waals surface area contributed by atoms with E-state index in [1.54, 1.807) is 41.8 Å². The number of nitrogens with zero attached hydrogens (tertiary/aromatic N) is 2. The molecule has 0 aliphatic carbocycles. The van der Waals surface area contributed by atoms with E-state index in [4.69, 9.17) is 11.6 Å². The fraction of sp³-hybridized carbons (Fsp3) is 0.136. The van der Waals surface area contributed by atoms with Crippen LogP contribution in [0, 0.1) is 13.8 Å². The molecule has 0 saturated heterocycles. The highest BCUT2D eigenvalue weighted by Gasteiger charge is 2.18. The van der Waals surface area contributed by atoms with Gasteiger partial charge in [-0.2, -0.15) is 0 Å². The number of amides is 1. The number of fused-ring (bicyclic) bond motifs is 1. The van der Waals surface area contributed by atoms with Crippen molar-refractivity contribution in [2.45, 2.75) is 20.4 Å². The lowest BCUT2D eigenvalue weighted by molar-refractivity contribution is -0.116. The Morgan fingerprint density at radius 1 is 1.07 bits per heavy atom. The van der Waals surface area contributed by atoms with Crippen molar-refractivity contribution in [1.82, 2.24) is 9.13 Å². The third-order valence-electron chi connectivity index (χ3n) is 4.78. The molecule has 8 heteroatoms. The molecule has 1 N–H and O–H groups in total. The lowest BCUT2D eigenvalue weighted by Crippen LogP contribution is -2.40. The number of thiophene rings is 1. The van der Waals surface area contributed by atoms with E-state index >= 15 is 0 Å². The molecule has 1 amide bonds. The summed E-state index contributed by atoms with van der Waals surface area (Å²) < 4.78 is 2.90. The topological polar surface area (TPSA) is 73.1 Å². The quantitative estimate of drug-likeness (QED) is 0.519. The fourth-order valence-electron chi connectivity index (χ4n) is 3.39.